The van der Waals surface area contributed by atoms with E-state index in [0.717, 1.165) is 17.2 Å². The number of amides is 3. The summed E-state index contributed by atoms with van der Waals surface area (Å²) in [7, 11) is 0. The molecule has 1 N–H and O–H groups in total. The first kappa shape index (κ1) is 24.0. The molecule has 0 radical (unpaired) electrons. The van der Waals surface area contributed by atoms with Crippen molar-refractivity contribution in [1.29, 1.82) is 0 Å². The molecule has 0 spiro atoms. The van der Waals surface area contributed by atoms with E-state index in [2.05, 4.69) is 5.32 Å². The van der Waals surface area contributed by atoms with Gasteiger partial charge in [-0.15, -0.1) is 0 Å². The minimum Gasteiger partial charge on any atom is -0.354 e. The van der Waals surface area contributed by atoms with Crippen molar-refractivity contribution in [2.45, 2.75) is 32.9 Å². The molecule has 4 rings (SSSR count). The van der Waals surface area contributed by atoms with Crippen LogP contribution in [0.25, 0.3) is 10.8 Å². The maximum absolute atomic E-state index is 13.6. The van der Waals surface area contributed by atoms with Gasteiger partial charge in [-0.3, -0.25) is 19.3 Å². The number of carbonyl (C=O) groups is 3. The molecule has 0 saturated carbocycles. The van der Waals surface area contributed by atoms with Gasteiger partial charge in [-0.2, -0.15) is 0 Å². The van der Waals surface area contributed by atoms with Crippen molar-refractivity contribution in [2.75, 3.05) is 18.0 Å². The van der Waals surface area contributed by atoms with E-state index in [9.17, 15) is 14.4 Å². The molecule has 3 amide bonds. The largest absolute Gasteiger partial charge is 0.354 e. The van der Waals surface area contributed by atoms with E-state index in [0.29, 0.717) is 33.4 Å². The monoisotopic (exact) mass is 497 g/mol. The number of rotatable bonds is 8. The van der Waals surface area contributed by atoms with Gasteiger partial charge < -0.3 is 10.2 Å². The second-order valence-electron chi connectivity index (χ2n) is 8.26. The second-order valence-corrected chi connectivity index (χ2v) is 9.08. The Kier molecular flexibility index (Phi) is 7.10. The van der Waals surface area contributed by atoms with E-state index in [1.807, 2.05) is 37.3 Å². The molecule has 6 nitrogen and oxygen atoms in total. The average Bonchev–Trinajstić information content (AvgIpc) is 3.10. The first-order valence-electron chi connectivity index (χ1n) is 11.2. The van der Waals surface area contributed by atoms with Crippen molar-refractivity contribution in [3.8, 4) is 0 Å². The number of hydrogen-bond acceptors (Lipinski definition) is 3. The molecule has 3 aromatic rings. The van der Waals surface area contributed by atoms with Crippen LogP contribution in [0.5, 0.6) is 0 Å². The Morgan fingerprint density at radius 3 is 2.35 bits per heavy atom. The molecule has 34 heavy (non-hydrogen) atoms. The summed E-state index contributed by atoms with van der Waals surface area (Å²) in [5.41, 5.74) is 1.80. The lowest BCUT2D eigenvalue weighted by Gasteiger charge is -2.31. The summed E-state index contributed by atoms with van der Waals surface area (Å²) in [6, 6.07) is 15.5. The Morgan fingerprint density at radius 2 is 1.68 bits per heavy atom. The summed E-state index contributed by atoms with van der Waals surface area (Å²) in [5, 5.41) is 5.41. The van der Waals surface area contributed by atoms with Gasteiger partial charge in [0.1, 0.15) is 12.6 Å². The van der Waals surface area contributed by atoms with E-state index in [1.54, 1.807) is 31.2 Å². The van der Waals surface area contributed by atoms with Gasteiger partial charge in [0.25, 0.3) is 5.91 Å². The molecular weight excluding hydrogens is 473 g/mol. The van der Waals surface area contributed by atoms with Gasteiger partial charge in [-0.05, 0) is 43.0 Å². The molecule has 0 fully saturated rings. The van der Waals surface area contributed by atoms with Crippen molar-refractivity contribution in [3.05, 3.63) is 75.8 Å². The van der Waals surface area contributed by atoms with Crippen LogP contribution in [0.2, 0.25) is 10.0 Å². The Hall–Kier alpha value is -3.09. The van der Waals surface area contributed by atoms with Crippen LogP contribution in [0, 0.1) is 0 Å². The zero-order valence-electron chi connectivity index (χ0n) is 19.0. The van der Waals surface area contributed by atoms with Crippen LogP contribution in [-0.4, -0.2) is 41.8 Å². The summed E-state index contributed by atoms with van der Waals surface area (Å²) in [4.78, 5) is 42.5. The molecule has 0 bridgehead atoms. The molecule has 1 atom stereocenters. The van der Waals surface area contributed by atoms with Crippen LogP contribution in [0.3, 0.4) is 0 Å². The number of hydrogen-bond donors (Lipinski definition) is 1. The molecule has 0 aliphatic carbocycles. The molecular formula is C26H25Cl2N3O3. The van der Waals surface area contributed by atoms with Gasteiger partial charge in [0.2, 0.25) is 11.8 Å². The van der Waals surface area contributed by atoms with Crippen molar-refractivity contribution in [2.24, 2.45) is 0 Å². The van der Waals surface area contributed by atoms with Gasteiger partial charge in [0, 0.05) is 39.6 Å². The van der Waals surface area contributed by atoms with Gasteiger partial charge in [0.15, 0.2) is 0 Å². The van der Waals surface area contributed by atoms with E-state index in [4.69, 9.17) is 23.2 Å². The zero-order chi connectivity index (χ0) is 24.4. The summed E-state index contributed by atoms with van der Waals surface area (Å²) >= 11 is 12.7. The van der Waals surface area contributed by atoms with E-state index in [1.165, 1.54) is 9.80 Å². The summed E-state index contributed by atoms with van der Waals surface area (Å²) in [6.07, 6.45) is 0.771. The van der Waals surface area contributed by atoms with Crippen LogP contribution in [-0.2, 0) is 16.1 Å². The fourth-order valence-corrected chi connectivity index (χ4v) is 4.71. The van der Waals surface area contributed by atoms with Crippen molar-refractivity contribution >= 4 is 57.4 Å². The van der Waals surface area contributed by atoms with Gasteiger partial charge in [-0.25, -0.2) is 0 Å². The van der Waals surface area contributed by atoms with E-state index >= 15 is 0 Å². The third kappa shape index (κ3) is 4.48. The van der Waals surface area contributed by atoms with Gasteiger partial charge in [0.05, 0.1) is 5.69 Å². The third-order valence-corrected chi connectivity index (χ3v) is 6.76. The minimum atomic E-state index is -0.790. The smallest absolute Gasteiger partial charge is 0.259 e. The first-order chi connectivity index (χ1) is 16.3. The number of benzene rings is 3. The highest BCUT2D eigenvalue weighted by molar-refractivity contribution is 6.36. The van der Waals surface area contributed by atoms with Crippen LogP contribution in [0.4, 0.5) is 5.69 Å². The second kappa shape index (κ2) is 10.0. The maximum Gasteiger partial charge on any atom is 0.259 e. The number of anilines is 1. The molecule has 176 valence electrons. The average molecular weight is 498 g/mol. The summed E-state index contributed by atoms with van der Waals surface area (Å²) in [5.74, 6) is -0.899. The summed E-state index contributed by atoms with van der Waals surface area (Å²) < 4.78 is 0. The molecule has 8 heteroatoms. The standard InChI is InChI=1S/C26H25Cl2N3O3/c1-3-13-29-25(33)16(2)30(14-19-20(27)10-6-11-21(19)28)23(32)15-31-22-12-5-8-17-7-4-9-18(24(17)22)26(31)34/h4-12,16H,3,13-15H2,1-2H3,(H,29,33). The predicted octanol–water partition coefficient (Wildman–Crippen LogP) is 5.05. The zero-order valence-corrected chi connectivity index (χ0v) is 20.5. The molecule has 3 aromatic carbocycles. The maximum atomic E-state index is 13.6. The lowest BCUT2D eigenvalue weighted by Crippen LogP contribution is -2.51. The van der Waals surface area contributed by atoms with Crippen LogP contribution in [0.1, 0.15) is 36.2 Å². The van der Waals surface area contributed by atoms with E-state index < -0.39 is 6.04 Å². The molecule has 1 aliphatic heterocycles. The highest BCUT2D eigenvalue weighted by Crippen LogP contribution is 2.37. The number of nitrogens with one attached hydrogen (secondary N) is 1. The Labute approximate surface area is 208 Å². The minimum absolute atomic E-state index is 0.0389. The first-order valence-corrected chi connectivity index (χ1v) is 11.9. The molecule has 1 unspecified atom stereocenters. The van der Waals surface area contributed by atoms with Crippen LogP contribution >= 0.6 is 23.2 Å². The SMILES string of the molecule is CCCNC(=O)C(C)N(Cc1c(Cl)cccc1Cl)C(=O)CN1C(=O)c2cccc3cccc1c23. The normalized spacial score (nSPS) is 13.3. The van der Waals surface area contributed by atoms with Crippen molar-refractivity contribution in [3.63, 3.8) is 0 Å². The number of carbonyl (C=O) groups excluding carboxylic acids is 3. The highest BCUT2D eigenvalue weighted by atomic mass is 35.5. The Balaban J connectivity index is 1.65. The molecule has 0 saturated heterocycles. The topological polar surface area (TPSA) is 69.7 Å². The fraction of sp³-hybridized carbons (Fsp3) is 0.269. The van der Waals surface area contributed by atoms with Crippen molar-refractivity contribution in [1.82, 2.24) is 10.2 Å². The lowest BCUT2D eigenvalue weighted by atomic mass is 10.1. The fourth-order valence-electron chi connectivity index (χ4n) is 4.19. The van der Waals surface area contributed by atoms with Crippen LogP contribution < -0.4 is 10.2 Å². The molecule has 1 aliphatic rings. The third-order valence-electron chi connectivity index (χ3n) is 6.05. The Bertz CT molecular complexity index is 1250. The van der Waals surface area contributed by atoms with Crippen molar-refractivity contribution < 1.29 is 14.4 Å². The highest BCUT2D eigenvalue weighted by Gasteiger charge is 2.34. The van der Waals surface area contributed by atoms with Gasteiger partial charge in [-0.1, -0.05) is 60.5 Å². The molecule has 0 aromatic heterocycles. The van der Waals surface area contributed by atoms with Gasteiger partial charge >= 0.3 is 0 Å². The lowest BCUT2D eigenvalue weighted by molar-refractivity contribution is -0.139. The number of nitrogens with zero attached hydrogens (tertiary/aromatic N) is 2. The number of halogens is 2. The summed E-state index contributed by atoms with van der Waals surface area (Å²) in [6.45, 7) is 3.95. The van der Waals surface area contributed by atoms with E-state index in [-0.39, 0.29) is 30.8 Å². The Morgan fingerprint density at radius 1 is 1.03 bits per heavy atom. The van der Waals surface area contributed by atoms with Crippen LogP contribution in [0.15, 0.2) is 54.6 Å². The quantitative estimate of drug-likeness (QED) is 0.473. The molecule has 1 heterocycles. The predicted molar refractivity (Wildman–Crippen MR) is 135 cm³/mol.